The number of halogens is 2. The molecule has 0 saturated heterocycles. The highest BCUT2D eigenvalue weighted by Crippen LogP contribution is 2.38. The van der Waals surface area contributed by atoms with E-state index in [2.05, 4.69) is 19.9 Å². The molecule has 1 aliphatic rings. The number of benzene rings is 3. The fourth-order valence-electron chi connectivity index (χ4n) is 4.06. The lowest BCUT2D eigenvalue weighted by molar-refractivity contribution is -0.384. The number of nitro groups is 2. The smallest absolute Gasteiger partial charge is 0.270 e. The molecule has 0 amide bonds. The van der Waals surface area contributed by atoms with Crippen molar-refractivity contribution >= 4 is 67.9 Å². The van der Waals surface area contributed by atoms with E-state index in [1.807, 2.05) is 23.1 Å². The highest BCUT2D eigenvalue weighted by molar-refractivity contribution is 6.34. The molecule has 13 heteroatoms. The Kier molecular flexibility index (Phi) is 6.47. The van der Waals surface area contributed by atoms with Gasteiger partial charge in [-0.3, -0.25) is 20.2 Å². The molecular weight excluding hydrogens is 521 g/mol. The second-order valence-electron chi connectivity index (χ2n) is 7.95. The molecule has 3 heterocycles. The number of non-ortho nitro benzene ring substituents is 2. The Bertz CT molecular complexity index is 1700. The Morgan fingerprint density at radius 2 is 1.38 bits per heavy atom. The van der Waals surface area contributed by atoms with E-state index in [4.69, 9.17) is 23.2 Å². The highest BCUT2D eigenvalue weighted by Gasteiger charge is 2.24. The fourth-order valence-corrected chi connectivity index (χ4v) is 4.42. The van der Waals surface area contributed by atoms with Gasteiger partial charge in [-0.05, 0) is 36.2 Å². The summed E-state index contributed by atoms with van der Waals surface area (Å²) in [5.74, 6) is 0.666. The van der Waals surface area contributed by atoms with Crippen LogP contribution in [0.4, 0.5) is 22.9 Å². The third kappa shape index (κ3) is 4.82. The largest absolute Gasteiger partial charge is 0.325 e. The molecule has 1 aliphatic heterocycles. The lowest BCUT2D eigenvalue weighted by Gasteiger charge is -2.19. The van der Waals surface area contributed by atoms with Gasteiger partial charge in [-0.25, -0.2) is 19.9 Å². The second-order valence-corrected chi connectivity index (χ2v) is 8.75. The summed E-state index contributed by atoms with van der Waals surface area (Å²) in [6.45, 7) is 0.754. The molecule has 184 valence electrons. The minimum absolute atomic E-state index is 0.0193. The molecule has 0 unspecified atom stereocenters. The molecule has 6 rings (SSSR count). The van der Waals surface area contributed by atoms with Crippen LogP contribution in [0.5, 0.6) is 0 Å². The molecule has 0 saturated carbocycles. The van der Waals surface area contributed by atoms with Crippen LogP contribution in [0.15, 0.2) is 67.3 Å². The van der Waals surface area contributed by atoms with Crippen molar-refractivity contribution in [2.45, 2.75) is 6.42 Å². The fraction of sp³-hybridized carbons (Fsp3) is 0.0833. The second kappa shape index (κ2) is 9.88. The summed E-state index contributed by atoms with van der Waals surface area (Å²) in [7, 11) is 0. The van der Waals surface area contributed by atoms with E-state index >= 15 is 0 Å². The average Bonchev–Trinajstić information content (AvgIpc) is 3.31. The Balaban J connectivity index is 0.000000171. The van der Waals surface area contributed by atoms with Crippen molar-refractivity contribution in [2.24, 2.45) is 0 Å². The van der Waals surface area contributed by atoms with Crippen LogP contribution < -0.4 is 4.90 Å². The topological polar surface area (TPSA) is 141 Å². The van der Waals surface area contributed by atoms with Crippen LogP contribution in [0.25, 0.3) is 21.8 Å². The zero-order valence-corrected chi connectivity index (χ0v) is 20.3. The van der Waals surface area contributed by atoms with Gasteiger partial charge in [0, 0.05) is 46.9 Å². The maximum Gasteiger partial charge on any atom is 0.270 e. The van der Waals surface area contributed by atoms with Crippen LogP contribution in [0.2, 0.25) is 10.2 Å². The first-order valence-corrected chi connectivity index (χ1v) is 11.6. The summed E-state index contributed by atoms with van der Waals surface area (Å²) < 4.78 is 0. The van der Waals surface area contributed by atoms with Crippen molar-refractivity contribution < 1.29 is 9.85 Å². The zero-order valence-electron chi connectivity index (χ0n) is 18.8. The number of hydrogen-bond acceptors (Lipinski definition) is 9. The zero-order chi connectivity index (χ0) is 26.1. The van der Waals surface area contributed by atoms with Crippen molar-refractivity contribution in [3.63, 3.8) is 0 Å². The molecule has 0 bridgehead atoms. The maximum atomic E-state index is 11.1. The minimum atomic E-state index is -0.483. The molecule has 0 spiro atoms. The van der Waals surface area contributed by atoms with Gasteiger partial charge >= 0.3 is 0 Å². The monoisotopic (exact) mass is 535 g/mol. The van der Waals surface area contributed by atoms with Crippen molar-refractivity contribution in [3.05, 3.63) is 103 Å². The van der Waals surface area contributed by atoms with Gasteiger partial charge in [0.15, 0.2) is 0 Å². The van der Waals surface area contributed by atoms with E-state index in [0.717, 1.165) is 18.7 Å². The summed E-state index contributed by atoms with van der Waals surface area (Å²) in [4.78, 5) is 38.9. The number of aromatic nitrogens is 4. The number of anilines is 2. The van der Waals surface area contributed by atoms with Crippen LogP contribution in [0.1, 0.15) is 5.56 Å². The first kappa shape index (κ1) is 24.2. The summed E-state index contributed by atoms with van der Waals surface area (Å²) >= 11 is 11.9. The average molecular weight is 536 g/mol. The molecule has 3 aromatic carbocycles. The SMILES string of the molecule is O=[N+]([O-])c1ccc2ncnc(Cl)c2c1.O=[N+]([O-])c1ccc2ncnc(N3CCc4ccc(Cl)cc43)c2c1. The van der Waals surface area contributed by atoms with Crippen molar-refractivity contribution in [2.75, 3.05) is 11.4 Å². The van der Waals surface area contributed by atoms with Crippen molar-refractivity contribution in [3.8, 4) is 0 Å². The number of nitro benzene ring substituents is 2. The van der Waals surface area contributed by atoms with Crippen LogP contribution in [-0.2, 0) is 6.42 Å². The van der Waals surface area contributed by atoms with Crippen molar-refractivity contribution in [1.29, 1.82) is 0 Å². The van der Waals surface area contributed by atoms with Gasteiger partial charge in [0.2, 0.25) is 0 Å². The van der Waals surface area contributed by atoms with Crippen LogP contribution in [0, 0.1) is 20.2 Å². The molecular formula is C24H15Cl2N7O4. The van der Waals surface area contributed by atoms with Gasteiger partial charge in [0.05, 0.1) is 26.3 Å². The Morgan fingerprint density at radius 3 is 2.05 bits per heavy atom. The lowest BCUT2D eigenvalue weighted by Crippen LogP contribution is -2.15. The molecule has 0 N–H and O–H groups in total. The van der Waals surface area contributed by atoms with Gasteiger partial charge in [0.25, 0.3) is 11.4 Å². The first-order valence-electron chi connectivity index (χ1n) is 10.8. The molecule has 5 aromatic rings. The molecule has 2 aromatic heterocycles. The molecule has 0 fully saturated rings. The van der Waals surface area contributed by atoms with Crippen LogP contribution >= 0.6 is 23.2 Å². The number of rotatable bonds is 3. The first-order chi connectivity index (χ1) is 17.8. The predicted octanol–water partition coefficient (Wildman–Crippen LogP) is 6.08. The summed E-state index contributed by atoms with van der Waals surface area (Å²) in [6.07, 6.45) is 3.68. The quantitative estimate of drug-likeness (QED) is 0.152. The van der Waals surface area contributed by atoms with Crippen LogP contribution in [0.3, 0.4) is 0 Å². The molecule has 0 radical (unpaired) electrons. The summed E-state index contributed by atoms with van der Waals surface area (Å²) in [5, 5.41) is 23.6. The Morgan fingerprint density at radius 1 is 0.757 bits per heavy atom. The summed E-state index contributed by atoms with van der Waals surface area (Å²) in [6, 6.07) is 14.7. The molecule has 0 atom stereocenters. The third-order valence-electron chi connectivity index (χ3n) is 5.79. The maximum absolute atomic E-state index is 11.1. The number of nitrogens with zero attached hydrogens (tertiary/aromatic N) is 7. The van der Waals surface area contributed by atoms with Gasteiger partial charge in [-0.2, -0.15) is 0 Å². The summed E-state index contributed by atoms with van der Waals surface area (Å²) in [5.41, 5.74) is 3.45. The minimum Gasteiger partial charge on any atom is -0.325 e. The Hall–Kier alpha value is -4.48. The van der Waals surface area contributed by atoms with E-state index < -0.39 is 9.85 Å². The highest BCUT2D eigenvalue weighted by atomic mass is 35.5. The van der Waals surface area contributed by atoms with E-state index in [9.17, 15) is 20.2 Å². The molecule has 0 aliphatic carbocycles. The van der Waals surface area contributed by atoms with E-state index in [0.29, 0.717) is 32.6 Å². The van der Waals surface area contributed by atoms with E-state index in [1.165, 1.54) is 42.5 Å². The normalized spacial score (nSPS) is 12.2. The third-order valence-corrected chi connectivity index (χ3v) is 6.32. The van der Waals surface area contributed by atoms with Gasteiger partial charge in [-0.1, -0.05) is 29.3 Å². The molecule has 11 nitrogen and oxygen atoms in total. The number of fused-ring (bicyclic) bond motifs is 3. The van der Waals surface area contributed by atoms with Gasteiger partial charge in [-0.15, -0.1) is 0 Å². The van der Waals surface area contributed by atoms with Crippen molar-refractivity contribution in [1.82, 2.24) is 19.9 Å². The van der Waals surface area contributed by atoms with Crippen LogP contribution in [-0.4, -0.2) is 36.3 Å². The predicted molar refractivity (Wildman–Crippen MR) is 140 cm³/mol. The number of hydrogen-bond donors (Lipinski definition) is 0. The standard InChI is InChI=1S/C16H11ClN4O2.C8H4ClN3O2/c17-11-2-1-10-5-6-20(15(10)7-11)16-13-8-12(21(22)23)3-4-14(13)18-9-19-16;9-8-6-3-5(12(13)14)1-2-7(6)10-4-11-8/h1-4,7-9H,5-6H2;1-4H. The lowest BCUT2D eigenvalue weighted by atomic mass is 10.1. The van der Waals surface area contributed by atoms with Gasteiger partial charge < -0.3 is 4.90 Å². The van der Waals surface area contributed by atoms with Gasteiger partial charge in [0.1, 0.15) is 23.6 Å². The van der Waals surface area contributed by atoms with E-state index in [1.54, 1.807) is 12.1 Å². The van der Waals surface area contributed by atoms with E-state index in [-0.39, 0.29) is 16.5 Å². The Labute approximate surface area is 218 Å². The molecule has 37 heavy (non-hydrogen) atoms.